The maximum absolute atomic E-state index is 10.1. The molecule has 9 heteroatoms. The zero-order valence-corrected chi connectivity index (χ0v) is 10.8. The van der Waals surface area contributed by atoms with E-state index in [1.807, 2.05) is 0 Å². The lowest BCUT2D eigenvalue weighted by molar-refractivity contribution is -0.0511. The van der Waals surface area contributed by atoms with Gasteiger partial charge in [-0.1, -0.05) is 0 Å². The lowest BCUT2D eigenvalue weighted by Gasteiger charge is -2.16. The molecule has 0 unspecified atom stereocenters. The van der Waals surface area contributed by atoms with Crippen LogP contribution in [0, 0.1) is 0 Å². The van der Waals surface area contributed by atoms with Gasteiger partial charge >= 0.3 is 0 Å². The van der Waals surface area contributed by atoms with Crippen LogP contribution in [-0.4, -0.2) is 64.2 Å². The molecule has 0 aliphatic carbocycles. The molecule has 3 aromatic heterocycles. The van der Waals surface area contributed by atoms with Crippen molar-refractivity contribution in [3.05, 3.63) is 25.0 Å². The van der Waals surface area contributed by atoms with Gasteiger partial charge in [-0.25, -0.2) is 15.0 Å². The Morgan fingerprint density at radius 1 is 1.10 bits per heavy atom. The van der Waals surface area contributed by atoms with Gasteiger partial charge in [-0.05, 0) is 0 Å². The van der Waals surface area contributed by atoms with Crippen molar-refractivity contribution in [3.63, 3.8) is 0 Å². The fourth-order valence-corrected chi connectivity index (χ4v) is 2.64. The van der Waals surface area contributed by atoms with E-state index in [0.717, 1.165) is 0 Å². The van der Waals surface area contributed by atoms with E-state index in [1.165, 1.54) is 10.9 Å². The molecule has 4 rings (SSSR count). The zero-order valence-electron chi connectivity index (χ0n) is 10.8. The van der Waals surface area contributed by atoms with E-state index in [0.29, 0.717) is 16.8 Å². The first-order valence-electron chi connectivity index (χ1n) is 6.47. The summed E-state index contributed by atoms with van der Waals surface area (Å²) in [6.07, 6.45) is 2.45. The van der Waals surface area contributed by atoms with Gasteiger partial charge in [-0.15, -0.1) is 0 Å². The number of ether oxygens (including phenoxy) is 1. The Morgan fingerprint density at radius 3 is 2.71 bits per heavy atom. The molecule has 1 fully saturated rings. The summed E-state index contributed by atoms with van der Waals surface area (Å²) >= 11 is 0. The number of imidazole rings is 2. The van der Waals surface area contributed by atoms with Crippen LogP contribution in [0.15, 0.2) is 25.0 Å². The lowest BCUT2D eigenvalue weighted by Crippen LogP contribution is -2.33. The minimum Gasteiger partial charge on any atom is -0.394 e. The predicted octanol–water partition coefficient (Wildman–Crippen LogP) is -1.31. The van der Waals surface area contributed by atoms with Gasteiger partial charge in [0.15, 0.2) is 23.0 Å². The summed E-state index contributed by atoms with van der Waals surface area (Å²) in [5.74, 6) is 0. The van der Waals surface area contributed by atoms with Crippen LogP contribution in [0.25, 0.3) is 16.8 Å². The van der Waals surface area contributed by atoms with Gasteiger partial charge in [0.2, 0.25) is 0 Å². The second-order valence-electron chi connectivity index (χ2n) is 4.96. The summed E-state index contributed by atoms with van der Waals surface area (Å²) in [4.78, 5) is 12.7. The van der Waals surface area contributed by atoms with E-state index in [-0.39, 0.29) is 6.61 Å². The summed E-state index contributed by atoms with van der Waals surface area (Å²) < 4.78 is 8.76. The fraction of sp³-hybridized carbons (Fsp3) is 0.417. The molecule has 9 nitrogen and oxygen atoms in total. The van der Waals surface area contributed by atoms with Gasteiger partial charge in [-0.3, -0.25) is 8.97 Å². The largest absolute Gasteiger partial charge is 0.394 e. The standard InChI is InChI=1S/C12H13N5O4/c18-3-6-8(19)9(20)12(21-6)17-5-14-7-10-13-1-2-16(10)4-15-11(7)17/h1-2,4-6,8-9,12,18-20H,3H2/t6-,8+,9+,12-/m0/s1. The van der Waals surface area contributed by atoms with Crippen LogP contribution < -0.4 is 0 Å². The molecule has 1 aliphatic rings. The molecule has 1 saturated heterocycles. The number of aliphatic hydroxyl groups excluding tert-OH is 3. The molecule has 4 heterocycles. The van der Waals surface area contributed by atoms with Gasteiger partial charge in [0.05, 0.1) is 12.9 Å². The minimum absolute atomic E-state index is 0.376. The Bertz CT molecular complexity index is 799. The van der Waals surface area contributed by atoms with E-state index in [9.17, 15) is 10.2 Å². The molecule has 3 aromatic rings. The molecule has 1 aliphatic heterocycles. The SMILES string of the molecule is OC[C@@H]1O[C@H](n2cnc3c2ncn2ccnc32)[C@H](O)[C@@H]1O. The number of aromatic nitrogens is 5. The highest BCUT2D eigenvalue weighted by atomic mass is 16.6. The van der Waals surface area contributed by atoms with E-state index in [1.54, 1.807) is 23.1 Å². The van der Waals surface area contributed by atoms with Gasteiger partial charge in [-0.2, -0.15) is 0 Å². The van der Waals surface area contributed by atoms with E-state index in [4.69, 9.17) is 9.84 Å². The average molecular weight is 291 g/mol. The molecule has 0 saturated carbocycles. The number of rotatable bonds is 2. The third kappa shape index (κ3) is 1.69. The Balaban J connectivity index is 1.84. The van der Waals surface area contributed by atoms with Crippen molar-refractivity contribution in [3.8, 4) is 0 Å². The number of hydrogen-bond acceptors (Lipinski definition) is 7. The van der Waals surface area contributed by atoms with Crippen molar-refractivity contribution in [1.82, 2.24) is 23.9 Å². The van der Waals surface area contributed by atoms with Crippen LogP contribution in [0.5, 0.6) is 0 Å². The van der Waals surface area contributed by atoms with Crippen LogP contribution in [0.2, 0.25) is 0 Å². The topological polar surface area (TPSA) is 118 Å². The first-order valence-corrected chi connectivity index (χ1v) is 6.47. The van der Waals surface area contributed by atoms with E-state index < -0.39 is 24.5 Å². The van der Waals surface area contributed by atoms with Crippen molar-refractivity contribution in [1.29, 1.82) is 0 Å². The Hall–Kier alpha value is -2.07. The molecule has 3 N–H and O–H groups in total. The highest BCUT2D eigenvalue weighted by Crippen LogP contribution is 2.31. The number of fused-ring (bicyclic) bond motifs is 3. The highest BCUT2D eigenvalue weighted by molar-refractivity contribution is 5.85. The van der Waals surface area contributed by atoms with Crippen LogP contribution in [-0.2, 0) is 4.74 Å². The quantitative estimate of drug-likeness (QED) is 0.536. The smallest absolute Gasteiger partial charge is 0.167 e. The Kier molecular flexibility index (Phi) is 2.69. The molecule has 0 amide bonds. The predicted molar refractivity (Wildman–Crippen MR) is 69.3 cm³/mol. The zero-order chi connectivity index (χ0) is 14.6. The molecular formula is C12H13N5O4. The normalized spacial score (nSPS) is 29.7. The van der Waals surface area contributed by atoms with Crippen LogP contribution in [0.3, 0.4) is 0 Å². The van der Waals surface area contributed by atoms with Gasteiger partial charge in [0, 0.05) is 12.4 Å². The molecule has 0 spiro atoms. The highest BCUT2D eigenvalue weighted by Gasteiger charge is 2.43. The summed E-state index contributed by atoms with van der Waals surface area (Å²) in [5, 5.41) is 29.1. The molecule has 0 radical (unpaired) electrons. The average Bonchev–Trinajstić information content (AvgIpc) is 3.17. The third-order valence-corrected chi connectivity index (χ3v) is 3.74. The van der Waals surface area contributed by atoms with Crippen LogP contribution in [0.1, 0.15) is 6.23 Å². The third-order valence-electron chi connectivity index (χ3n) is 3.74. The van der Waals surface area contributed by atoms with E-state index >= 15 is 0 Å². The minimum atomic E-state index is -1.17. The summed E-state index contributed by atoms with van der Waals surface area (Å²) in [5.41, 5.74) is 1.70. The molecule has 0 bridgehead atoms. The molecule has 110 valence electrons. The molecular weight excluding hydrogens is 278 g/mol. The Morgan fingerprint density at radius 2 is 1.95 bits per heavy atom. The molecule has 0 aromatic carbocycles. The van der Waals surface area contributed by atoms with E-state index in [2.05, 4.69) is 15.0 Å². The molecule has 4 atom stereocenters. The number of nitrogens with zero attached hydrogens (tertiary/aromatic N) is 5. The first kappa shape index (κ1) is 12.7. The van der Waals surface area contributed by atoms with Crippen molar-refractivity contribution in [2.45, 2.75) is 24.5 Å². The van der Waals surface area contributed by atoms with Crippen molar-refractivity contribution >= 4 is 16.8 Å². The summed E-state index contributed by atoms with van der Waals surface area (Å²) in [6.45, 7) is -0.376. The lowest BCUT2D eigenvalue weighted by atomic mass is 10.1. The summed E-state index contributed by atoms with van der Waals surface area (Å²) in [6, 6.07) is 0. The second kappa shape index (κ2) is 4.46. The van der Waals surface area contributed by atoms with Gasteiger partial charge < -0.3 is 20.1 Å². The number of aliphatic hydroxyl groups is 3. The molecule has 21 heavy (non-hydrogen) atoms. The second-order valence-corrected chi connectivity index (χ2v) is 4.96. The maximum Gasteiger partial charge on any atom is 0.167 e. The Labute approximate surface area is 118 Å². The van der Waals surface area contributed by atoms with Crippen molar-refractivity contribution in [2.24, 2.45) is 0 Å². The maximum atomic E-state index is 10.1. The van der Waals surface area contributed by atoms with Crippen LogP contribution in [0.4, 0.5) is 0 Å². The fourth-order valence-electron chi connectivity index (χ4n) is 2.64. The first-order chi connectivity index (χ1) is 10.2. The number of hydrogen-bond donors (Lipinski definition) is 3. The summed E-state index contributed by atoms with van der Waals surface area (Å²) in [7, 11) is 0. The van der Waals surface area contributed by atoms with Gasteiger partial charge in [0.25, 0.3) is 0 Å². The van der Waals surface area contributed by atoms with Crippen LogP contribution >= 0.6 is 0 Å². The van der Waals surface area contributed by atoms with Crippen molar-refractivity contribution in [2.75, 3.05) is 6.61 Å². The van der Waals surface area contributed by atoms with Crippen molar-refractivity contribution < 1.29 is 20.1 Å². The monoisotopic (exact) mass is 291 g/mol. The van der Waals surface area contributed by atoms with Gasteiger partial charge in [0.1, 0.15) is 24.6 Å².